The summed E-state index contributed by atoms with van der Waals surface area (Å²) in [5.41, 5.74) is 1.88. The van der Waals surface area contributed by atoms with E-state index in [1.54, 1.807) is 0 Å². The van der Waals surface area contributed by atoms with Crippen LogP contribution in [0, 0.1) is 5.82 Å². The van der Waals surface area contributed by atoms with Crippen LogP contribution in [0.25, 0.3) is 0 Å². The zero-order valence-electron chi connectivity index (χ0n) is 16.5. The van der Waals surface area contributed by atoms with E-state index in [2.05, 4.69) is 0 Å². The van der Waals surface area contributed by atoms with Gasteiger partial charge in [0.25, 0.3) is 0 Å². The van der Waals surface area contributed by atoms with Gasteiger partial charge in [-0.25, -0.2) is 4.39 Å². The van der Waals surface area contributed by atoms with Crippen LogP contribution in [0.1, 0.15) is 11.1 Å². The molecule has 2 N–H and O–H groups in total. The van der Waals surface area contributed by atoms with E-state index in [4.69, 9.17) is 24.3 Å². The summed E-state index contributed by atoms with van der Waals surface area (Å²) in [5, 5.41) is 18.2. The zero-order valence-corrected chi connectivity index (χ0v) is 16.5. The topological polar surface area (TPSA) is 68.2 Å². The van der Waals surface area contributed by atoms with Crippen LogP contribution in [0.2, 0.25) is 0 Å². The molecule has 0 bridgehead atoms. The molecule has 0 aliphatic heterocycles. The summed E-state index contributed by atoms with van der Waals surface area (Å²) >= 11 is 0. The highest BCUT2D eigenvalue weighted by Gasteiger charge is 2.17. The zero-order chi connectivity index (χ0) is 21.2. The van der Waals surface area contributed by atoms with Gasteiger partial charge in [-0.1, -0.05) is 66.7 Å². The standard InChI is InChI=1S/C23H24BFO5/c25-23-13-20(11-12-22(23)24(26)27)30-17-21(29-15-19-9-5-2-6-10-19)16-28-14-18-7-3-1-4-8-18/h1-13,21,26-27H,14-17H2. The second-order valence-electron chi connectivity index (χ2n) is 6.79. The maximum Gasteiger partial charge on any atom is 0.491 e. The molecule has 1 unspecified atom stereocenters. The van der Waals surface area contributed by atoms with Crippen molar-refractivity contribution in [2.75, 3.05) is 13.2 Å². The first-order valence-electron chi connectivity index (χ1n) is 9.67. The van der Waals surface area contributed by atoms with Gasteiger partial charge in [-0.3, -0.25) is 0 Å². The third kappa shape index (κ3) is 6.97. The van der Waals surface area contributed by atoms with Gasteiger partial charge in [-0.15, -0.1) is 0 Å². The van der Waals surface area contributed by atoms with Crippen molar-refractivity contribution in [1.29, 1.82) is 0 Å². The molecule has 30 heavy (non-hydrogen) atoms. The Morgan fingerprint density at radius 2 is 1.43 bits per heavy atom. The minimum Gasteiger partial charge on any atom is -0.491 e. The summed E-state index contributed by atoms with van der Waals surface area (Å²) in [6, 6.07) is 23.5. The summed E-state index contributed by atoms with van der Waals surface area (Å²) in [5.74, 6) is -0.474. The summed E-state index contributed by atoms with van der Waals surface area (Å²) in [6.45, 7) is 1.30. The van der Waals surface area contributed by atoms with Crippen molar-refractivity contribution >= 4 is 12.6 Å². The van der Waals surface area contributed by atoms with E-state index in [1.165, 1.54) is 12.1 Å². The monoisotopic (exact) mass is 410 g/mol. The largest absolute Gasteiger partial charge is 0.491 e. The van der Waals surface area contributed by atoms with E-state index in [9.17, 15) is 4.39 Å². The Morgan fingerprint density at radius 3 is 2.03 bits per heavy atom. The van der Waals surface area contributed by atoms with Crippen LogP contribution in [0.3, 0.4) is 0 Å². The van der Waals surface area contributed by atoms with Crippen molar-refractivity contribution in [2.45, 2.75) is 19.3 Å². The quantitative estimate of drug-likeness (QED) is 0.476. The Morgan fingerprint density at radius 1 is 0.800 bits per heavy atom. The molecule has 0 radical (unpaired) electrons. The van der Waals surface area contributed by atoms with E-state index in [0.29, 0.717) is 19.8 Å². The lowest BCUT2D eigenvalue weighted by atomic mass is 9.80. The average molecular weight is 410 g/mol. The Hall–Kier alpha value is -2.71. The SMILES string of the molecule is OB(O)c1ccc(OCC(COCc2ccccc2)OCc2ccccc2)cc1F. The predicted molar refractivity (Wildman–Crippen MR) is 113 cm³/mol. The fourth-order valence-electron chi connectivity index (χ4n) is 2.81. The van der Waals surface area contributed by atoms with Crippen molar-refractivity contribution in [3.63, 3.8) is 0 Å². The van der Waals surface area contributed by atoms with Gasteiger partial charge in [-0.2, -0.15) is 0 Å². The number of hydrogen-bond acceptors (Lipinski definition) is 5. The lowest BCUT2D eigenvalue weighted by molar-refractivity contribution is -0.0489. The van der Waals surface area contributed by atoms with Gasteiger partial charge in [0.15, 0.2) is 0 Å². The molecule has 3 aromatic carbocycles. The smallest absolute Gasteiger partial charge is 0.491 e. The van der Waals surface area contributed by atoms with Crippen molar-refractivity contribution in [3.05, 3.63) is 95.8 Å². The molecule has 0 aromatic heterocycles. The van der Waals surface area contributed by atoms with Gasteiger partial charge < -0.3 is 24.3 Å². The van der Waals surface area contributed by atoms with Crippen LogP contribution >= 0.6 is 0 Å². The Labute approximate surface area is 175 Å². The van der Waals surface area contributed by atoms with Gasteiger partial charge >= 0.3 is 7.12 Å². The van der Waals surface area contributed by atoms with Gasteiger partial charge in [0.2, 0.25) is 0 Å². The second-order valence-corrected chi connectivity index (χ2v) is 6.79. The predicted octanol–water partition coefficient (Wildman–Crippen LogP) is 2.69. The summed E-state index contributed by atoms with van der Waals surface area (Å²) in [6.07, 6.45) is -0.375. The van der Waals surface area contributed by atoms with Crippen LogP contribution in [0.4, 0.5) is 4.39 Å². The van der Waals surface area contributed by atoms with Gasteiger partial charge in [0, 0.05) is 11.5 Å². The maximum absolute atomic E-state index is 13.9. The molecule has 0 aliphatic rings. The van der Waals surface area contributed by atoms with Gasteiger partial charge in [-0.05, 0) is 17.2 Å². The normalized spacial score (nSPS) is 11.8. The van der Waals surface area contributed by atoms with Crippen molar-refractivity contribution < 1.29 is 28.6 Å². The van der Waals surface area contributed by atoms with Crippen molar-refractivity contribution in [3.8, 4) is 5.75 Å². The summed E-state index contributed by atoms with van der Waals surface area (Å²) < 4.78 is 31.3. The molecule has 0 saturated heterocycles. The van der Waals surface area contributed by atoms with Crippen molar-refractivity contribution in [1.82, 2.24) is 0 Å². The highest BCUT2D eigenvalue weighted by molar-refractivity contribution is 6.58. The fraction of sp³-hybridized carbons (Fsp3) is 0.217. The average Bonchev–Trinajstić information content (AvgIpc) is 2.76. The molecule has 7 heteroatoms. The molecule has 5 nitrogen and oxygen atoms in total. The molecule has 0 aliphatic carbocycles. The van der Waals surface area contributed by atoms with Gasteiger partial charge in [0.05, 0.1) is 19.8 Å². The first-order valence-corrected chi connectivity index (χ1v) is 9.67. The van der Waals surface area contributed by atoms with E-state index in [0.717, 1.165) is 17.2 Å². The van der Waals surface area contributed by atoms with Crippen LogP contribution < -0.4 is 10.2 Å². The summed E-state index contributed by atoms with van der Waals surface area (Å²) in [4.78, 5) is 0. The molecule has 3 aromatic rings. The third-order valence-corrected chi connectivity index (χ3v) is 4.43. The van der Waals surface area contributed by atoms with Crippen LogP contribution in [0.5, 0.6) is 5.75 Å². The van der Waals surface area contributed by atoms with Crippen LogP contribution in [-0.4, -0.2) is 36.5 Å². The van der Waals surface area contributed by atoms with E-state index >= 15 is 0 Å². The highest BCUT2D eigenvalue weighted by atomic mass is 19.1. The molecule has 0 saturated carbocycles. The molecule has 0 fully saturated rings. The number of ether oxygens (including phenoxy) is 3. The Balaban J connectivity index is 1.57. The van der Waals surface area contributed by atoms with Crippen LogP contribution in [-0.2, 0) is 22.7 Å². The number of hydrogen-bond donors (Lipinski definition) is 2. The van der Waals surface area contributed by atoms with E-state index in [1.807, 2.05) is 60.7 Å². The molecular formula is C23H24BFO5. The molecule has 3 rings (SSSR count). The van der Waals surface area contributed by atoms with Crippen LogP contribution in [0.15, 0.2) is 78.9 Å². The number of rotatable bonds is 11. The fourth-order valence-corrected chi connectivity index (χ4v) is 2.81. The van der Waals surface area contributed by atoms with E-state index < -0.39 is 12.9 Å². The Bertz CT molecular complexity index is 893. The summed E-state index contributed by atoms with van der Waals surface area (Å²) in [7, 11) is -1.87. The molecule has 0 spiro atoms. The minimum atomic E-state index is -1.87. The molecule has 0 amide bonds. The lowest BCUT2D eigenvalue weighted by Crippen LogP contribution is -2.32. The molecular weight excluding hydrogens is 386 g/mol. The molecule has 156 valence electrons. The molecule has 1 atom stereocenters. The third-order valence-electron chi connectivity index (χ3n) is 4.43. The first kappa shape index (κ1) is 22.0. The van der Waals surface area contributed by atoms with E-state index in [-0.39, 0.29) is 23.9 Å². The van der Waals surface area contributed by atoms with Crippen molar-refractivity contribution in [2.24, 2.45) is 0 Å². The lowest BCUT2D eigenvalue weighted by Gasteiger charge is -2.19. The maximum atomic E-state index is 13.9. The first-order chi connectivity index (χ1) is 14.6. The minimum absolute atomic E-state index is 0.155. The number of halogens is 1. The Kier molecular flexibility index (Phi) is 8.41. The highest BCUT2D eigenvalue weighted by Crippen LogP contribution is 2.13. The number of benzene rings is 3. The second kappa shape index (κ2) is 11.5. The molecule has 0 heterocycles. The van der Waals surface area contributed by atoms with Gasteiger partial charge in [0.1, 0.15) is 24.3 Å².